The van der Waals surface area contributed by atoms with E-state index in [1.165, 1.54) is 0 Å². The van der Waals surface area contributed by atoms with Gasteiger partial charge in [-0.15, -0.1) is 0 Å². The second-order valence-electron chi connectivity index (χ2n) is 5.67. The molecule has 1 unspecified atom stereocenters. The molecule has 0 aliphatic carbocycles. The van der Waals surface area contributed by atoms with Crippen LogP contribution in [0.4, 0.5) is 5.69 Å². The zero-order valence-corrected chi connectivity index (χ0v) is 13.2. The molecule has 2 aromatic carbocycles. The molecule has 1 atom stereocenters. The van der Waals surface area contributed by atoms with Crippen LogP contribution < -0.4 is 9.64 Å². The van der Waals surface area contributed by atoms with E-state index in [0.29, 0.717) is 5.56 Å². The van der Waals surface area contributed by atoms with E-state index in [1.54, 1.807) is 7.11 Å². The van der Waals surface area contributed by atoms with Crippen LogP contribution in [-0.2, 0) is 4.74 Å². The predicted octanol–water partition coefficient (Wildman–Crippen LogP) is 3.33. The van der Waals surface area contributed by atoms with Crippen LogP contribution in [0, 0.1) is 6.92 Å². The lowest BCUT2D eigenvalue weighted by atomic mass is 9.95. The van der Waals surface area contributed by atoms with Crippen molar-refractivity contribution in [2.24, 2.45) is 0 Å². The number of anilines is 1. The first-order valence-electron chi connectivity index (χ1n) is 7.18. The number of cyclic esters (lactones) is 1. The minimum Gasteiger partial charge on any atom is -0.497 e. The van der Waals surface area contributed by atoms with Crippen molar-refractivity contribution in [3.8, 4) is 5.75 Å². The highest BCUT2D eigenvalue weighted by Gasteiger charge is 2.33. The molecule has 1 aliphatic rings. The Morgan fingerprint density at radius 3 is 2.45 bits per heavy atom. The fourth-order valence-electron chi connectivity index (χ4n) is 2.76. The van der Waals surface area contributed by atoms with E-state index in [4.69, 9.17) is 9.47 Å². The number of hydrogen-bond acceptors (Lipinski definition) is 4. The lowest BCUT2D eigenvalue weighted by molar-refractivity contribution is 0.0455. The van der Waals surface area contributed by atoms with E-state index in [1.807, 2.05) is 62.3 Å². The Labute approximate surface area is 130 Å². The molecule has 0 bridgehead atoms. The standard InChI is InChI=1S/C18H19NO3/c1-11-9-13(21-4)6-8-14(11)17-15-7-5-12(19(2)3)10-16(15)18(20)22-17/h5-10,17H,1-4H3. The van der Waals surface area contributed by atoms with Gasteiger partial charge in [0.15, 0.2) is 6.10 Å². The molecular formula is C18H19NO3. The van der Waals surface area contributed by atoms with E-state index in [-0.39, 0.29) is 12.1 Å². The molecule has 4 heteroatoms. The zero-order chi connectivity index (χ0) is 15.9. The molecule has 0 saturated heterocycles. The average molecular weight is 297 g/mol. The molecule has 0 saturated carbocycles. The van der Waals surface area contributed by atoms with E-state index in [2.05, 4.69) is 0 Å². The average Bonchev–Trinajstić information content (AvgIpc) is 2.83. The summed E-state index contributed by atoms with van der Waals surface area (Å²) in [6.07, 6.45) is -0.343. The number of methoxy groups -OCH3 is 1. The minimum absolute atomic E-state index is 0.265. The fourth-order valence-corrected chi connectivity index (χ4v) is 2.76. The number of hydrogen-bond donors (Lipinski definition) is 0. The van der Waals surface area contributed by atoms with Gasteiger partial charge in [0.2, 0.25) is 0 Å². The molecule has 3 rings (SSSR count). The Kier molecular flexibility index (Phi) is 3.53. The molecule has 2 aromatic rings. The number of nitrogens with zero attached hydrogens (tertiary/aromatic N) is 1. The minimum atomic E-state index is -0.343. The number of ether oxygens (including phenoxy) is 2. The van der Waals surface area contributed by atoms with E-state index < -0.39 is 0 Å². The third-order valence-electron chi connectivity index (χ3n) is 4.04. The first kappa shape index (κ1) is 14.4. The zero-order valence-electron chi connectivity index (χ0n) is 13.2. The predicted molar refractivity (Wildman–Crippen MR) is 85.8 cm³/mol. The Bertz CT molecular complexity index is 737. The van der Waals surface area contributed by atoms with Crippen molar-refractivity contribution in [3.63, 3.8) is 0 Å². The largest absolute Gasteiger partial charge is 0.497 e. The normalized spacial score (nSPS) is 16.2. The van der Waals surface area contributed by atoms with Gasteiger partial charge in [-0.25, -0.2) is 4.79 Å². The van der Waals surface area contributed by atoms with Crippen molar-refractivity contribution in [2.45, 2.75) is 13.0 Å². The molecule has 0 spiro atoms. The summed E-state index contributed by atoms with van der Waals surface area (Å²) in [5.74, 6) is 0.535. The lowest BCUT2D eigenvalue weighted by Gasteiger charge is -2.16. The van der Waals surface area contributed by atoms with Gasteiger partial charge in [0.1, 0.15) is 5.75 Å². The van der Waals surface area contributed by atoms with Crippen molar-refractivity contribution < 1.29 is 14.3 Å². The van der Waals surface area contributed by atoms with E-state index >= 15 is 0 Å². The number of esters is 1. The maximum atomic E-state index is 12.2. The molecule has 4 nitrogen and oxygen atoms in total. The highest BCUT2D eigenvalue weighted by molar-refractivity contribution is 5.95. The number of rotatable bonds is 3. The lowest BCUT2D eigenvalue weighted by Crippen LogP contribution is -2.09. The first-order chi connectivity index (χ1) is 10.5. The van der Waals surface area contributed by atoms with Gasteiger partial charge < -0.3 is 14.4 Å². The quantitative estimate of drug-likeness (QED) is 0.815. The van der Waals surface area contributed by atoms with Crippen molar-refractivity contribution in [2.75, 3.05) is 26.1 Å². The summed E-state index contributed by atoms with van der Waals surface area (Å²) in [4.78, 5) is 14.2. The summed E-state index contributed by atoms with van der Waals surface area (Å²) in [7, 11) is 5.54. The highest BCUT2D eigenvalue weighted by Crippen LogP contribution is 2.39. The Morgan fingerprint density at radius 1 is 1.09 bits per heavy atom. The van der Waals surface area contributed by atoms with E-state index in [9.17, 15) is 4.79 Å². The molecular weight excluding hydrogens is 278 g/mol. The van der Waals surface area contributed by atoms with Crippen LogP contribution in [0.15, 0.2) is 36.4 Å². The maximum Gasteiger partial charge on any atom is 0.339 e. The van der Waals surface area contributed by atoms with Crippen molar-refractivity contribution in [1.29, 1.82) is 0 Å². The van der Waals surface area contributed by atoms with Gasteiger partial charge in [-0.2, -0.15) is 0 Å². The van der Waals surface area contributed by atoms with Crippen LogP contribution in [0.5, 0.6) is 5.75 Å². The summed E-state index contributed by atoms with van der Waals surface area (Å²) in [6.45, 7) is 2.00. The van der Waals surface area contributed by atoms with Crippen molar-refractivity contribution in [3.05, 3.63) is 58.7 Å². The summed E-state index contributed by atoms with van der Waals surface area (Å²) in [5, 5.41) is 0. The van der Waals surface area contributed by atoms with Gasteiger partial charge in [-0.3, -0.25) is 0 Å². The maximum absolute atomic E-state index is 12.2. The van der Waals surface area contributed by atoms with Gasteiger partial charge in [-0.1, -0.05) is 12.1 Å². The van der Waals surface area contributed by atoms with Crippen molar-refractivity contribution in [1.82, 2.24) is 0 Å². The van der Waals surface area contributed by atoms with Crippen LogP contribution in [-0.4, -0.2) is 27.2 Å². The molecule has 1 aliphatic heterocycles. The smallest absolute Gasteiger partial charge is 0.339 e. The molecule has 0 radical (unpaired) electrons. The van der Waals surface area contributed by atoms with Gasteiger partial charge >= 0.3 is 5.97 Å². The van der Waals surface area contributed by atoms with Crippen LogP contribution in [0.3, 0.4) is 0 Å². The third-order valence-corrected chi connectivity index (χ3v) is 4.04. The summed E-state index contributed by atoms with van der Waals surface area (Å²) in [5.41, 5.74) is 4.59. The van der Waals surface area contributed by atoms with Gasteiger partial charge in [0, 0.05) is 30.9 Å². The summed E-state index contributed by atoms with van der Waals surface area (Å²) >= 11 is 0. The van der Waals surface area contributed by atoms with Gasteiger partial charge in [0.25, 0.3) is 0 Å². The van der Waals surface area contributed by atoms with Crippen LogP contribution in [0.25, 0.3) is 0 Å². The van der Waals surface area contributed by atoms with Crippen LogP contribution in [0.2, 0.25) is 0 Å². The fraction of sp³-hybridized carbons (Fsp3) is 0.278. The molecule has 0 N–H and O–H groups in total. The Hall–Kier alpha value is -2.49. The highest BCUT2D eigenvalue weighted by atomic mass is 16.5. The summed E-state index contributed by atoms with van der Waals surface area (Å²) < 4.78 is 10.8. The monoisotopic (exact) mass is 297 g/mol. The number of benzene rings is 2. The number of carbonyl (C=O) groups excluding carboxylic acids is 1. The first-order valence-corrected chi connectivity index (χ1v) is 7.18. The van der Waals surface area contributed by atoms with Crippen LogP contribution >= 0.6 is 0 Å². The number of aryl methyl sites for hydroxylation is 1. The summed E-state index contributed by atoms with van der Waals surface area (Å²) in [6, 6.07) is 11.7. The van der Waals surface area contributed by atoms with E-state index in [0.717, 1.165) is 28.1 Å². The SMILES string of the molecule is COc1ccc(C2OC(=O)c3cc(N(C)C)ccc32)c(C)c1. The molecule has 1 heterocycles. The van der Waals surface area contributed by atoms with Gasteiger partial charge in [0.05, 0.1) is 12.7 Å². The van der Waals surface area contributed by atoms with Crippen molar-refractivity contribution >= 4 is 11.7 Å². The number of fused-ring (bicyclic) bond motifs is 1. The molecule has 114 valence electrons. The second-order valence-corrected chi connectivity index (χ2v) is 5.67. The topological polar surface area (TPSA) is 38.8 Å². The Balaban J connectivity index is 2.04. The number of carbonyl (C=O) groups is 1. The molecule has 0 amide bonds. The third kappa shape index (κ3) is 2.30. The van der Waals surface area contributed by atoms with Crippen LogP contribution in [0.1, 0.15) is 33.2 Å². The molecule has 0 aromatic heterocycles. The van der Waals surface area contributed by atoms with Gasteiger partial charge in [-0.05, 0) is 36.8 Å². The molecule has 0 fully saturated rings. The Morgan fingerprint density at radius 2 is 1.82 bits per heavy atom. The molecule has 22 heavy (non-hydrogen) atoms. The second kappa shape index (κ2) is 5.37.